The van der Waals surface area contributed by atoms with Crippen LogP contribution in [-0.2, 0) is 0 Å². The molecule has 0 radical (unpaired) electrons. The molecule has 1 aromatic rings. The number of aliphatic hydroxyl groups excluding tert-OH is 1. The van der Waals surface area contributed by atoms with E-state index in [0.29, 0.717) is 18.2 Å². The lowest BCUT2D eigenvalue weighted by Gasteiger charge is -2.21. The van der Waals surface area contributed by atoms with Crippen LogP contribution in [0.2, 0.25) is 0 Å². The van der Waals surface area contributed by atoms with Gasteiger partial charge in [-0.15, -0.1) is 0 Å². The number of nitrogens with one attached hydrogen (secondary N) is 1. The van der Waals surface area contributed by atoms with E-state index < -0.39 is 5.97 Å². The first-order chi connectivity index (χ1) is 8.04. The number of carbonyl (C=O) groups is 1. The first kappa shape index (κ1) is 13.4. The largest absolute Gasteiger partial charge is 0.476 e. The van der Waals surface area contributed by atoms with Crippen molar-refractivity contribution in [2.45, 2.75) is 26.3 Å². The lowest BCUT2D eigenvalue weighted by atomic mass is 10.0. The van der Waals surface area contributed by atoms with E-state index in [0.717, 1.165) is 0 Å². The number of nitrogens with zero attached hydrogens (tertiary/aromatic N) is 2. The summed E-state index contributed by atoms with van der Waals surface area (Å²) in [5.74, 6) is -0.390. The molecule has 1 rings (SSSR count). The van der Waals surface area contributed by atoms with Gasteiger partial charge in [-0.1, -0.05) is 13.8 Å². The molecule has 0 bridgehead atoms. The first-order valence-corrected chi connectivity index (χ1v) is 5.47. The molecule has 1 heterocycles. The van der Waals surface area contributed by atoms with Crippen LogP contribution in [0.4, 0.5) is 5.82 Å². The minimum atomic E-state index is -1.11. The van der Waals surface area contributed by atoms with E-state index in [-0.39, 0.29) is 18.3 Å². The minimum absolute atomic E-state index is 0.0401. The topological polar surface area (TPSA) is 95.3 Å². The third-order valence-electron chi connectivity index (χ3n) is 2.43. The van der Waals surface area contributed by atoms with Gasteiger partial charge in [-0.05, 0) is 12.3 Å². The van der Waals surface area contributed by atoms with Crippen LogP contribution in [0, 0.1) is 5.92 Å². The Hall–Kier alpha value is -1.69. The van der Waals surface area contributed by atoms with Gasteiger partial charge in [-0.2, -0.15) is 0 Å². The van der Waals surface area contributed by atoms with E-state index in [1.165, 1.54) is 12.4 Å². The number of aromatic nitrogens is 2. The molecule has 17 heavy (non-hydrogen) atoms. The number of aliphatic hydroxyl groups is 1. The second-order valence-corrected chi connectivity index (χ2v) is 4.10. The number of carboxylic acid groups (broad SMARTS) is 1. The molecule has 0 saturated heterocycles. The second-order valence-electron chi connectivity index (χ2n) is 4.10. The number of anilines is 1. The van der Waals surface area contributed by atoms with E-state index in [1.54, 1.807) is 0 Å². The average Bonchev–Trinajstić information content (AvgIpc) is 2.28. The van der Waals surface area contributed by atoms with Crippen LogP contribution in [0.25, 0.3) is 0 Å². The smallest absolute Gasteiger partial charge is 0.356 e. The Kier molecular flexibility index (Phi) is 4.84. The van der Waals surface area contributed by atoms with Gasteiger partial charge in [0.25, 0.3) is 0 Å². The Morgan fingerprint density at radius 3 is 2.71 bits per heavy atom. The molecule has 0 fully saturated rings. The molecular weight excluding hydrogens is 222 g/mol. The molecule has 0 amide bonds. The molecule has 0 saturated carbocycles. The Labute approximate surface area is 99.7 Å². The monoisotopic (exact) mass is 239 g/mol. The lowest BCUT2D eigenvalue weighted by Crippen LogP contribution is -2.27. The highest BCUT2D eigenvalue weighted by atomic mass is 16.4. The highest BCUT2D eigenvalue weighted by molar-refractivity contribution is 5.85. The Balaban J connectivity index is 2.78. The molecule has 0 aromatic carbocycles. The lowest BCUT2D eigenvalue weighted by molar-refractivity contribution is 0.0690. The molecule has 94 valence electrons. The highest BCUT2D eigenvalue weighted by Crippen LogP contribution is 2.12. The number of hydrogen-bond donors (Lipinski definition) is 3. The third kappa shape index (κ3) is 3.99. The second kappa shape index (κ2) is 6.15. The SMILES string of the molecule is CC(C)C(CCO)Nc1cncc(C(=O)O)n1. The van der Waals surface area contributed by atoms with Crippen molar-refractivity contribution in [3.05, 3.63) is 18.1 Å². The molecular formula is C11H17N3O3. The van der Waals surface area contributed by atoms with E-state index in [4.69, 9.17) is 10.2 Å². The van der Waals surface area contributed by atoms with Crippen molar-refractivity contribution in [2.75, 3.05) is 11.9 Å². The summed E-state index contributed by atoms with van der Waals surface area (Å²) in [6.45, 7) is 4.10. The first-order valence-electron chi connectivity index (χ1n) is 5.47. The molecule has 1 atom stereocenters. The normalized spacial score (nSPS) is 12.5. The molecule has 0 aliphatic carbocycles. The maximum Gasteiger partial charge on any atom is 0.356 e. The number of carboxylic acids is 1. The van der Waals surface area contributed by atoms with Crippen molar-refractivity contribution in [1.29, 1.82) is 0 Å². The number of hydrogen-bond acceptors (Lipinski definition) is 5. The van der Waals surface area contributed by atoms with E-state index in [9.17, 15) is 4.79 Å². The zero-order valence-corrected chi connectivity index (χ0v) is 9.92. The van der Waals surface area contributed by atoms with Crippen molar-refractivity contribution in [3.8, 4) is 0 Å². The summed E-state index contributed by atoms with van der Waals surface area (Å²) in [6.07, 6.45) is 3.25. The van der Waals surface area contributed by atoms with Crippen molar-refractivity contribution < 1.29 is 15.0 Å². The summed E-state index contributed by atoms with van der Waals surface area (Å²) in [6, 6.07) is 0.0401. The van der Waals surface area contributed by atoms with Crippen LogP contribution >= 0.6 is 0 Å². The zero-order valence-electron chi connectivity index (χ0n) is 9.92. The summed E-state index contributed by atoms with van der Waals surface area (Å²) >= 11 is 0. The summed E-state index contributed by atoms with van der Waals surface area (Å²) < 4.78 is 0. The Bertz CT molecular complexity index is 382. The molecule has 3 N–H and O–H groups in total. The molecule has 1 unspecified atom stereocenters. The quantitative estimate of drug-likeness (QED) is 0.685. The summed E-state index contributed by atoms with van der Waals surface area (Å²) in [7, 11) is 0. The van der Waals surface area contributed by atoms with Gasteiger partial charge in [-0.25, -0.2) is 9.78 Å². The number of aromatic carboxylic acids is 1. The highest BCUT2D eigenvalue weighted by Gasteiger charge is 2.14. The van der Waals surface area contributed by atoms with Crippen LogP contribution in [0.5, 0.6) is 0 Å². The third-order valence-corrected chi connectivity index (χ3v) is 2.43. The van der Waals surface area contributed by atoms with Crippen LogP contribution < -0.4 is 5.32 Å². The van der Waals surface area contributed by atoms with Gasteiger partial charge in [0.05, 0.1) is 12.4 Å². The van der Waals surface area contributed by atoms with Gasteiger partial charge in [0.1, 0.15) is 5.82 Å². The van der Waals surface area contributed by atoms with Crippen LogP contribution in [0.3, 0.4) is 0 Å². The fraction of sp³-hybridized carbons (Fsp3) is 0.545. The predicted molar refractivity (Wildman–Crippen MR) is 62.9 cm³/mol. The van der Waals surface area contributed by atoms with Gasteiger partial charge in [0.15, 0.2) is 5.69 Å². The average molecular weight is 239 g/mol. The van der Waals surface area contributed by atoms with Gasteiger partial charge < -0.3 is 15.5 Å². The molecule has 6 nitrogen and oxygen atoms in total. The molecule has 6 heteroatoms. The molecule has 0 spiro atoms. The number of rotatable bonds is 6. The predicted octanol–water partition coefficient (Wildman–Crippen LogP) is 0.994. The summed E-state index contributed by atoms with van der Waals surface area (Å²) in [5.41, 5.74) is -0.0958. The zero-order chi connectivity index (χ0) is 12.8. The van der Waals surface area contributed by atoms with E-state index in [1.807, 2.05) is 13.8 Å². The van der Waals surface area contributed by atoms with Gasteiger partial charge in [0.2, 0.25) is 0 Å². The van der Waals surface area contributed by atoms with Crippen LogP contribution in [-0.4, -0.2) is 38.8 Å². The maximum absolute atomic E-state index is 10.7. The summed E-state index contributed by atoms with van der Waals surface area (Å²) in [5, 5.41) is 20.8. The van der Waals surface area contributed by atoms with Crippen molar-refractivity contribution in [3.63, 3.8) is 0 Å². The van der Waals surface area contributed by atoms with E-state index in [2.05, 4.69) is 15.3 Å². The standard InChI is InChI=1S/C11H17N3O3/c1-7(2)8(3-4-15)13-10-6-12-5-9(14-10)11(16)17/h5-8,15H,3-4H2,1-2H3,(H,13,14)(H,16,17). The van der Waals surface area contributed by atoms with Gasteiger partial charge in [0, 0.05) is 12.6 Å². The van der Waals surface area contributed by atoms with Gasteiger partial charge >= 0.3 is 5.97 Å². The van der Waals surface area contributed by atoms with Crippen LogP contribution in [0.15, 0.2) is 12.4 Å². The van der Waals surface area contributed by atoms with Crippen molar-refractivity contribution in [2.24, 2.45) is 5.92 Å². The molecule has 0 aliphatic heterocycles. The molecule has 0 aliphatic rings. The van der Waals surface area contributed by atoms with E-state index >= 15 is 0 Å². The molecule has 1 aromatic heterocycles. The fourth-order valence-corrected chi connectivity index (χ4v) is 1.44. The van der Waals surface area contributed by atoms with Gasteiger partial charge in [-0.3, -0.25) is 4.98 Å². The van der Waals surface area contributed by atoms with Crippen LogP contribution in [0.1, 0.15) is 30.8 Å². The Morgan fingerprint density at radius 1 is 1.47 bits per heavy atom. The van der Waals surface area contributed by atoms with Crippen molar-refractivity contribution in [1.82, 2.24) is 9.97 Å². The van der Waals surface area contributed by atoms with Crippen molar-refractivity contribution >= 4 is 11.8 Å². The maximum atomic E-state index is 10.7. The minimum Gasteiger partial charge on any atom is -0.476 e. The Morgan fingerprint density at radius 2 is 2.18 bits per heavy atom. The fourth-order valence-electron chi connectivity index (χ4n) is 1.44. The summed E-state index contributed by atoms with van der Waals surface area (Å²) in [4.78, 5) is 18.5.